The molecule has 6 heteroatoms. The maximum Gasteiger partial charge on any atom is 0.259 e. The van der Waals surface area contributed by atoms with Crippen LogP contribution in [0.2, 0.25) is 0 Å². The third-order valence-corrected chi connectivity index (χ3v) is 7.23. The van der Waals surface area contributed by atoms with Crippen LogP contribution >= 0.6 is 0 Å². The number of carbonyl (C=O) groups is 2. The summed E-state index contributed by atoms with van der Waals surface area (Å²) in [6, 6.07) is 19.4. The topological polar surface area (TPSA) is 76.3 Å². The Kier molecular flexibility index (Phi) is 5.44. The van der Waals surface area contributed by atoms with Gasteiger partial charge in [0.15, 0.2) is 5.78 Å². The van der Waals surface area contributed by atoms with Gasteiger partial charge in [-0.2, -0.15) is 0 Å². The van der Waals surface area contributed by atoms with E-state index in [1.54, 1.807) is 0 Å². The molecular weight excluding hydrogens is 438 g/mol. The second-order valence-electron chi connectivity index (χ2n) is 9.74. The zero-order valence-corrected chi connectivity index (χ0v) is 19.7. The van der Waals surface area contributed by atoms with E-state index in [-0.39, 0.29) is 17.6 Å². The number of likely N-dealkylation sites (tertiary alicyclic amines) is 1. The normalized spacial score (nSPS) is 16.5. The van der Waals surface area contributed by atoms with Crippen LogP contribution in [0.15, 0.2) is 65.2 Å². The minimum absolute atomic E-state index is 0.0408. The zero-order valence-electron chi connectivity index (χ0n) is 19.7. The summed E-state index contributed by atoms with van der Waals surface area (Å²) in [5.41, 5.74) is 5.34. The van der Waals surface area contributed by atoms with Gasteiger partial charge in [-0.05, 0) is 38.7 Å². The van der Waals surface area contributed by atoms with Crippen molar-refractivity contribution in [2.24, 2.45) is 5.92 Å². The summed E-state index contributed by atoms with van der Waals surface area (Å²) in [6.45, 7) is 3.12. The third-order valence-electron chi connectivity index (χ3n) is 7.23. The van der Waals surface area contributed by atoms with Crippen LogP contribution in [0.25, 0.3) is 22.4 Å². The van der Waals surface area contributed by atoms with Gasteiger partial charge in [-0.1, -0.05) is 65.3 Å². The highest BCUT2D eigenvalue weighted by molar-refractivity contribution is 6.09. The molecule has 0 atom stereocenters. The van der Waals surface area contributed by atoms with Crippen LogP contribution in [0.4, 0.5) is 0 Å². The molecule has 6 rings (SSSR count). The van der Waals surface area contributed by atoms with Gasteiger partial charge in [0.05, 0.1) is 10.9 Å². The molecule has 2 aliphatic rings. The van der Waals surface area contributed by atoms with Gasteiger partial charge in [0.1, 0.15) is 5.69 Å². The van der Waals surface area contributed by atoms with Gasteiger partial charge >= 0.3 is 0 Å². The molecule has 2 fully saturated rings. The molecule has 1 aliphatic carbocycles. The van der Waals surface area contributed by atoms with E-state index in [0.29, 0.717) is 54.2 Å². The minimum atomic E-state index is -0.0586. The molecule has 3 heterocycles. The molecule has 4 aromatic rings. The molecule has 0 bridgehead atoms. The van der Waals surface area contributed by atoms with Crippen LogP contribution in [0.5, 0.6) is 0 Å². The second-order valence-corrected chi connectivity index (χ2v) is 9.74. The number of aryl methyl sites for hydroxylation is 1. The number of aromatic nitrogens is 2. The molecule has 2 aromatic heterocycles. The van der Waals surface area contributed by atoms with Crippen molar-refractivity contribution in [2.45, 2.75) is 38.5 Å². The van der Waals surface area contributed by atoms with Gasteiger partial charge in [-0.3, -0.25) is 9.59 Å². The van der Waals surface area contributed by atoms with Crippen LogP contribution < -0.4 is 0 Å². The lowest BCUT2D eigenvalue weighted by Gasteiger charge is -2.31. The van der Waals surface area contributed by atoms with Crippen molar-refractivity contribution in [3.8, 4) is 11.3 Å². The number of hydrogen-bond donors (Lipinski definition) is 0. The fraction of sp³-hybridized carbons (Fsp3) is 0.310. The third kappa shape index (κ3) is 4.14. The Balaban J connectivity index is 1.28. The molecule has 176 valence electrons. The lowest BCUT2D eigenvalue weighted by atomic mass is 9.88. The largest absolute Gasteiger partial charge is 0.339 e. The van der Waals surface area contributed by atoms with E-state index in [4.69, 9.17) is 9.51 Å². The first kappa shape index (κ1) is 21.7. The van der Waals surface area contributed by atoms with E-state index < -0.39 is 0 Å². The van der Waals surface area contributed by atoms with Gasteiger partial charge in [0.25, 0.3) is 11.6 Å². The van der Waals surface area contributed by atoms with Crippen molar-refractivity contribution < 1.29 is 14.1 Å². The summed E-state index contributed by atoms with van der Waals surface area (Å²) in [5, 5.41) is 4.97. The molecule has 35 heavy (non-hydrogen) atoms. The van der Waals surface area contributed by atoms with Crippen molar-refractivity contribution in [1.82, 2.24) is 15.0 Å². The Bertz CT molecular complexity index is 1400. The summed E-state index contributed by atoms with van der Waals surface area (Å²) in [7, 11) is 0. The standard InChI is InChI=1S/C29H27N3O3/c1-18-7-9-21(10-8-18)27(33)22-13-15-32(16-14-22)29(34)23-17-24(19-11-12-19)30-28-25(23)26(31-35-28)20-5-3-2-4-6-20/h2-10,17,19,22H,11-16H2,1H3. The molecule has 6 nitrogen and oxygen atoms in total. The van der Waals surface area contributed by atoms with E-state index in [1.165, 1.54) is 0 Å². The SMILES string of the molecule is Cc1ccc(C(=O)C2CCN(C(=O)c3cc(C4CC4)nc4onc(-c5ccccc5)c34)CC2)cc1. The van der Waals surface area contributed by atoms with E-state index in [0.717, 1.165) is 35.2 Å². The number of hydrogen-bond acceptors (Lipinski definition) is 5. The van der Waals surface area contributed by atoms with Crippen LogP contribution in [0.1, 0.15) is 63.6 Å². The van der Waals surface area contributed by atoms with Crippen molar-refractivity contribution in [1.29, 1.82) is 0 Å². The number of amides is 1. The van der Waals surface area contributed by atoms with Crippen molar-refractivity contribution in [2.75, 3.05) is 13.1 Å². The minimum Gasteiger partial charge on any atom is -0.339 e. The highest BCUT2D eigenvalue weighted by Gasteiger charge is 2.33. The quantitative estimate of drug-likeness (QED) is 0.348. The lowest BCUT2D eigenvalue weighted by molar-refractivity contribution is 0.0652. The summed E-state index contributed by atoms with van der Waals surface area (Å²) >= 11 is 0. The first-order valence-electron chi connectivity index (χ1n) is 12.3. The van der Waals surface area contributed by atoms with Gasteiger partial charge in [-0.25, -0.2) is 4.98 Å². The number of rotatable bonds is 5. The Labute approximate surface area is 203 Å². The van der Waals surface area contributed by atoms with Crippen molar-refractivity contribution >= 4 is 22.8 Å². The van der Waals surface area contributed by atoms with E-state index in [1.807, 2.05) is 72.5 Å². The average Bonchev–Trinajstić information content (AvgIpc) is 3.67. The molecule has 0 unspecified atom stereocenters. The zero-order chi connectivity index (χ0) is 23.9. The number of carbonyl (C=O) groups excluding carboxylic acids is 2. The smallest absolute Gasteiger partial charge is 0.259 e. The maximum absolute atomic E-state index is 13.8. The second kappa shape index (κ2) is 8.77. The fourth-order valence-electron chi connectivity index (χ4n) is 4.99. The Hall–Kier alpha value is -3.80. The van der Waals surface area contributed by atoms with E-state index >= 15 is 0 Å². The lowest BCUT2D eigenvalue weighted by Crippen LogP contribution is -2.40. The van der Waals surface area contributed by atoms with Crippen molar-refractivity contribution in [3.63, 3.8) is 0 Å². The van der Waals surface area contributed by atoms with E-state index in [9.17, 15) is 9.59 Å². The molecular formula is C29H27N3O3. The summed E-state index contributed by atoms with van der Waals surface area (Å²) < 4.78 is 5.63. The highest BCUT2D eigenvalue weighted by atomic mass is 16.5. The predicted octanol–water partition coefficient (Wildman–Crippen LogP) is 5.81. The molecule has 0 radical (unpaired) electrons. The van der Waals surface area contributed by atoms with Gasteiger partial charge in [0.2, 0.25) is 0 Å². The number of pyridine rings is 1. The Morgan fingerprint density at radius 1 is 0.943 bits per heavy atom. The van der Waals surface area contributed by atoms with Gasteiger partial charge in [-0.15, -0.1) is 0 Å². The van der Waals surface area contributed by atoms with Crippen LogP contribution in [-0.2, 0) is 0 Å². The maximum atomic E-state index is 13.8. The monoisotopic (exact) mass is 465 g/mol. The average molecular weight is 466 g/mol. The first-order chi connectivity index (χ1) is 17.1. The number of benzene rings is 2. The van der Waals surface area contributed by atoms with Crippen LogP contribution in [-0.4, -0.2) is 39.8 Å². The molecule has 0 N–H and O–H groups in total. The summed E-state index contributed by atoms with van der Waals surface area (Å²) in [4.78, 5) is 33.4. The van der Waals surface area contributed by atoms with Gasteiger partial charge in [0, 0.05) is 41.7 Å². The van der Waals surface area contributed by atoms with E-state index in [2.05, 4.69) is 5.16 Å². The molecule has 1 saturated heterocycles. The molecule has 1 aliphatic heterocycles. The van der Waals surface area contributed by atoms with Crippen LogP contribution in [0, 0.1) is 12.8 Å². The molecule has 2 aromatic carbocycles. The number of piperidine rings is 1. The summed E-state index contributed by atoms with van der Waals surface area (Å²) in [6.07, 6.45) is 3.49. The molecule has 0 spiro atoms. The predicted molar refractivity (Wildman–Crippen MR) is 133 cm³/mol. The molecule has 1 saturated carbocycles. The summed E-state index contributed by atoms with van der Waals surface area (Å²) in [5.74, 6) is 0.455. The van der Waals surface area contributed by atoms with Crippen LogP contribution in [0.3, 0.4) is 0 Å². The highest BCUT2D eigenvalue weighted by Crippen LogP contribution is 2.41. The number of nitrogens with zero attached hydrogens (tertiary/aromatic N) is 3. The number of fused-ring (bicyclic) bond motifs is 1. The number of Topliss-reactive ketones (excluding diaryl/α,β-unsaturated/α-hetero) is 1. The first-order valence-corrected chi connectivity index (χ1v) is 12.3. The van der Waals surface area contributed by atoms with Gasteiger partial charge < -0.3 is 9.42 Å². The Morgan fingerprint density at radius 2 is 1.66 bits per heavy atom. The van der Waals surface area contributed by atoms with Crippen molar-refractivity contribution in [3.05, 3.63) is 83.0 Å². The number of ketones is 1. The Morgan fingerprint density at radius 3 is 2.34 bits per heavy atom. The molecule has 1 amide bonds. The fourth-order valence-corrected chi connectivity index (χ4v) is 4.99.